The molecule has 0 aliphatic heterocycles. The first-order chi connectivity index (χ1) is 16.2. The van der Waals surface area contributed by atoms with Crippen molar-refractivity contribution in [3.63, 3.8) is 0 Å². The minimum atomic E-state index is -3.57. The van der Waals surface area contributed by atoms with Crippen LogP contribution in [0, 0.1) is 6.92 Å². The molecule has 0 fully saturated rings. The number of esters is 1. The van der Waals surface area contributed by atoms with E-state index in [0.29, 0.717) is 23.0 Å². The van der Waals surface area contributed by atoms with E-state index in [4.69, 9.17) is 4.74 Å². The molecule has 3 rings (SSSR count). The van der Waals surface area contributed by atoms with Crippen molar-refractivity contribution in [3.05, 3.63) is 65.5 Å². The molecule has 0 spiro atoms. The van der Waals surface area contributed by atoms with E-state index in [1.165, 1.54) is 0 Å². The summed E-state index contributed by atoms with van der Waals surface area (Å²) in [5.41, 5.74) is 1.92. The maximum absolute atomic E-state index is 12.7. The Kier molecular flexibility index (Phi) is 8.46. The van der Waals surface area contributed by atoms with Gasteiger partial charge in [0.05, 0.1) is 22.8 Å². The third-order valence-corrected chi connectivity index (χ3v) is 7.45. The molecule has 180 valence electrons. The molecule has 0 radical (unpaired) electrons. The number of hydrogen-bond acceptors (Lipinski definition) is 8. The highest BCUT2D eigenvalue weighted by atomic mass is 32.2. The second-order valence-electron chi connectivity index (χ2n) is 7.58. The zero-order valence-electron chi connectivity index (χ0n) is 19.1. The zero-order chi connectivity index (χ0) is 24.7. The zero-order valence-corrected chi connectivity index (χ0v) is 20.8. The summed E-state index contributed by atoms with van der Waals surface area (Å²) < 4.78 is 32.0. The number of amides is 1. The van der Waals surface area contributed by atoms with Gasteiger partial charge in [0, 0.05) is 12.7 Å². The highest BCUT2D eigenvalue weighted by molar-refractivity contribution is 7.99. The predicted octanol–water partition coefficient (Wildman–Crippen LogP) is 3.40. The third kappa shape index (κ3) is 6.67. The lowest BCUT2D eigenvalue weighted by atomic mass is 10.2. The van der Waals surface area contributed by atoms with Crippen LogP contribution in [0.5, 0.6) is 0 Å². The fraction of sp³-hybridized carbons (Fsp3) is 0.304. The second kappa shape index (κ2) is 11.3. The molecular formula is C23H26N4O5S2. The number of anilines is 1. The van der Waals surface area contributed by atoms with Crippen molar-refractivity contribution in [1.82, 2.24) is 14.8 Å². The van der Waals surface area contributed by atoms with Crippen LogP contribution in [-0.2, 0) is 32.2 Å². The molecule has 1 N–H and O–H groups in total. The fourth-order valence-corrected chi connectivity index (χ4v) is 4.93. The third-order valence-electron chi connectivity index (χ3n) is 4.80. The van der Waals surface area contributed by atoms with E-state index in [2.05, 4.69) is 15.5 Å². The summed E-state index contributed by atoms with van der Waals surface area (Å²) in [5.74, 6) is -0.633. The molecule has 1 amide bonds. The van der Waals surface area contributed by atoms with Crippen molar-refractivity contribution in [1.29, 1.82) is 0 Å². The maximum Gasteiger partial charge on any atom is 0.338 e. The standard InChI is InChI=1S/C23H26N4O5S2/c1-4-13-32-22(29)17-7-9-18(10-8-17)24-21(28)14-33-23-26-25-20(27(23)3)15-34(30,31)19-11-5-16(2)6-12-19/h5-12H,4,13-15H2,1-3H3,(H,24,28). The van der Waals surface area contributed by atoms with Gasteiger partial charge < -0.3 is 14.6 Å². The SMILES string of the molecule is CCCOC(=O)c1ccc(NC(=O)CSc2nnc(CS(=O)(=O)c3ccc(C)cc3)n2C)cc1. The van der Waals surface area contributed by atoms with Crippen LogP contribution in [0.4, 0.5) is 5.69 Å². The lowest BCUT2D eigenvalue weighted by Crippen LogP contribution is -2.15. The first-order valence-electron chi connectivity index (χ1n) is 10.6. The van der Waals surface area contributed by atoms with Gasteiger partial charge in [0.2, 0.25) is 5.91 Å². The van der Waals surface area contributed by atoms with E-state index in [9.17, 15) is 18.0 Å². The van der Waals surface area contributed by atoms with Crippen LogP contribution < -0.4 is 5.32 Å². The number of benzene rings is 2. The van der Waals surface area contributed by atoms with Crippen LogP contribution in [0.15, 0.2) is 58.6 Å². The van der Waals surface area contributed by atoms with Gasteiger partial charge in [-0.05, 0) is 49.7 Å². The number of sulfone groups is 1. The summed E-state index contributed by atoms with van der Waals surface area (Å²) >= 11 is 1.14. The van der Waals surface area contributed by atoms with E-state index < -0.39 is 15.8 Å². The van der Waals surface area contributed by atoms with Crippen molar-refractivity contribution in [3.8, 4) is 0 Å². The maximum atomic E-state index is 12.7. The molecular weight excluding hydrogens is 476 g/mol. The highest BCUT2D eigenvalue weighted by Crippen LogP contribution is 2.20. The summed E-state index contributed by atoms with van der Waals surface area (Å²) in [6, 6.07) is 13.1. The van der Waals surface area contributed by atoms with Crippen molar-refractivity contribution >= 4 is 39.2 Å². The molecule has 0 aliphatic carbocycles. The molecule has 11 heteroatoms. The van der Waals surface area contributed by atoms with Gasteiger partial charge in [0.1, 0.15) is 11.6 Å². The lowest BCUT2D eigenvalue weighted by Gasteiger charge is -2.07. The Labute approximate surface area is 202 Å². The summed E-state index contributed by atoms with van der Waals surface area (Å²) in [6.07, 6.45) is 0.743. The molecule has 1 heterocycles. The van der Waals surface area contributed by atoms with E-state index in [1.807, 2.05) is 13.8 Å². The molecule has 0 saturated heterocycles. The Hall–Kier alpha value is -3.18. The molecule has 0 atom stereocenters. The minimum absolute atomic E-state index is 0.0526. The number of rotatable bonds is 10. The smallest absolute Gasteiger partial charge is 0.338 e. The Morgan fingerprint density at radius 1 is 1.06 bits per heavy atom. The molecule has 0 bridgehead atoms. The Bertz CT molecular complexity index is 1250. The number of carbonyl (C=O) groups is 2. The molecule has 0 saturated carbocycles. The number of hydrogen-bond donors (Lipinski definition) is 1. The van der Waals surface area contributed by atoms with Gasteiger partial charge in [-0.25, -0.2) is 13.2 Å². The molecule has 0 aliphatic rings. The Morgan fingerprint density at radius 3 is 2.38 bits per heavy atom. The Morgan fingerprint density at radius 2 is 1.74 bits per heavy atom. The van der Waals surface area contributed by atoms with Gasteiger partial charge >= 0.3 is 5.97 Å². The summed E-state index contributed by atoms with van der Waals surface area (Å²) in [7, 11) is -1.91. The minimum Gasteiger partial charge on any atom is -0.462 e. The first kappa shape index (κ1) is 25.4. The molecule has 34 heavy (non-hydrogen) atoms. The second-order valence-corrected chi connectivity index (χ2v) is 10.5. The van der Waals surface area contributed by atoms with Crippen molar-refractivity contribution < 1.29 is 22.7 Å². The van der Waals surface area contributed by atoms with Crippen molar-refractivity contribution in [2.24, 2.45) is 7.05 Å². The summed E-state index contributed by atoms with van der Waals surface area (Å²) in [5, 5.41) is 11.2. The van der Waals surface area contributed by atoms with E-state index in [-0.39, 0.29) is 28.1 Å². The number of ether oxygens (including phenoxy) is 1. The van der Waals surface area contributed by atoms with Crippen LogP contribution in [-0.4, -0.2) is 47.4 Å². The number of nitrogens with zero attached hydrogens (tertiary/aromatic N) is 3. The monoisotopic (exact) mass is 502 g/mol. The van der Waals surface area contributed by atoms with Gasteiger partial charge in [0.25, 0.3) is 0 Å². The van der Waals surface area contributed by atoms with E-state index in [1.54, 1.807) is 60.1 Å². The van der Waals surface area contributed by atoms with Crippen LogP contribution in [0.2, 0.25) is 0 Å². The summed E-state index contributed by atoms with van der Waals surface area (Å²) in [6.45, 7) is 4.16. The van der Waals surface area contributed by atoms with Crippen LogP contribution in [0.1, 0.15) is 35.1 Å². The van der Waals surface area contributed by atoms with Crippen molar-refractivity contribution in [2.75, 3.05) is 17.7 Å². The van der Waals surface area contributed by atoms with Gasteiger partial charge in [-0.2, -0.15) is 0 Å². The topological polar surface area (TPSA) is 120 Å². The van der Waals surface area contributed by atoms with Gasteiger partial charge in [-0.15, -0.1) is 10.2 Å². The first-order valence-corrected chi connectivity index (χ1v) is 13.2. The molecule has 9 nitrogen and oxygen atoms in total. The van der Waals surface area contributed by atoms with E-state index >= 15 is 0 Å². The lowest BCUT2D eigenvalue weighted by molar-refractivity contribution is -0.113. The van der Waals surface area contributed by atoms with Crippen molar-refractivity contribution in [2.45, 2.75) is 36.1 Å². The molecule has 0 unspecified atom stereocenters. The van der Waals surface area contributed by atoms with Gasteiger partial charge in [-0.3, -0.25) is 4.79 Å². The normalized spacial score (nSPS) is 11.3. The largest absolute Gasteiger partial charge is 0.462 e. The average Bonchev–Trinajstić information content (AvgIpc) is 3.15. The van der Waals surface area contributed by atoms with Gasteiger partial charge in [-0.1, -0.05) is 36.4 Å². The highest BCUT2D eigenvalue weighted by Gasteiger charge is 2.20. The van der Waals surface area contributed by atoms with E-state index in [0.717, 1.165) is 23.7 Å². The van der Waals surface area contributed by atoms with Crippen LogP contribution in [0.25, 0.3) is 0 Å². The summed E-state index contributed by atoms with van der Waals surface area (Å²) in [4.78, 5) is 24.4. The quantitative estimate of drug-likeness (QED) is 0.331. The number of carbonyl (C=O) groups excluding carboxylic acids is 2. The fourth-order valence-electron chi connectivity index (χ4n) is 2.89. The molecule has 3 aromatic rings. The van der Waals surface area contributed by atoms with Crippen LogP contribution >= 0.6 is 11.8 Å². The number of thioether (sulfide) groups is 1. The Balaban J connectivity index is 1.55. The van der Waals surface area contributed by atoms with Crippen LogP contribution in [0.3, 0.4) is 0 Å². The molecule has 1 aromatic heterocycles. The number of aryl methyl sites for hydroxylation is 1. The predicted molar refractivity (Wildman–Crippen MR) is 129 cm³/mol. The number of nitrogens with one attached hydrogen (secondary N) is 1. The molecule has 2 aromatic carbocycles. The number of aromatic nitrogens is 3. The van der Waals surface area contributed by atoms with Gasteiger partial charge in [0.15, 0.2) is 15.0 Å². The average molecular weight is 503 g/mol.